The maximum atomic E-state index is 13.4. The monoisotopic (exact) mass is 493 g/mol. The number of carbonyl (C=O) groups excluding carboxylic acids is 1. The summed E-state index contributed by atoms with van der Waals surface area (Å²) in [6.45, 7) is 1.31. The van der Waals surface area contributed by atoms with E-state index < -0.39 is 16.1 Å². The fourth-order valence-electron chi connectivity index (χ4n) is 4.27. The van der Waals surface area contributed by atoms with Crippen molar-refractivity contribution >= 4 is 27.0 Å². The summed E-state index contributed by atoms with van der Waals surface area (Å²) < 4.78 is 34.3. The quantitative estimate of drug-likeness (QED) is 0.411. The first-order chi connectivity index (χ1) is 16.9. The number of aromatic nitrogens is 3. The third kappa shape index (κ3) is 4.86. The molecule has 0 aliphatic carbocycles. The molecule has 0 bridgehead atoms. The van der Waals surface area contributed by atoms with Crippen molar-refractivity contribution in [1.82, 2.24) is 24.2 Å². The molecule has 1 aliphatic rings. The number of morpholine rings is 1. The minimum absolute atomic E-state index is 0.0930. The number of nitrogens with zero attached hydrogens (tertiary/aromatic N) is 3. The zero-order valence-electron chi connectivity index (χ0n) is 19.3. The average Bonchev–Trinajstić information content (AvgIpc) is 3.49. The smallest absolute Gasteiger partial charge is 0.268 e. The molecule has 10 heteroatoms. The lowest BCUT2D eigenvalue weighted by Gasteiger charge is -2.25. The number of rotatable bonds is 7. The summed E-state index contributed by atoms with van der Waals surface area (Å²) >= 11 is 0. The fourth-order valence-corrected chi connectivity index (χ4v) is 5.75. The van der Waals surface area contributed by atoms with Crippen molar-refractivity contribution < 1.29 is 17.9 Å². The van der Waals surface area contributed by atoms with Gasteiger partial charge in [0.15, 0.2) is 0 Å². The zero-order valence-corrected chi connectivity index (χ0v) is 20.2. The van der Waals surface area contributed by atoms with Crippen LogP contribution in [0.3, 0.4) is 0 Å². The van der Waals surface area contributed by atoms with E-state index in [0.29, 0.717) is 38.5 Å². The Hall–Kier alpha value is -3.47. The first-order valence-electron chi connectivity index (χ1n) is 11.5. The number of sulfonamides is 1. The molecule has 9 nitrogen and oxygen atoms in total. The Kier molecular flexibility index (Phi) is 6.42. The Morgan fingerprint density at radius 1 is 1.11 bits per heavy atom. The van der Waals surface area contributed by atoms with Crippen molar-refractivity contribution in [3.8, 4) is 0 Å². The van der Waals surface area contributed by atoms with E-state index in [1.807, 2.05) is 54.6 Å². The molecule has 1 aliphatic heterocycles. The first kappa shape index (κ1) is 23.3. The van der Waals surface area contributed by atoms with Crippen LogP contribution in [0.1, 0.15) is 27.9 Å². The van der Waals surface area contributed by atoms with Gasteiger partial charge >= 0.3 is 0 Å². The molecular formula is C25H27N5O4S. The van der Waals surface area contributed by atoms with Crippen LogP contribution in [0.15, 0.2) is 71.8 Å². The third-order valence-corrected chi connectivity index (χ3v) is 8.01. The number of fused-ring (bicyclic) bond motifs is 1. The zero-order chi connectivity index (χ0) is 24.4. The molecule has 1 atom stereocenters. The Morgan fingerprint density at radius 3 is 2.57 bits per heavy atom. The number of benzene rings is 2. The molecule has 0 spiro atoms. The van der Waals surface area contributed by atoms with Crippen molar-refractivity contribution in [3.05, 3.63) is 83.9 Å². The van der Waals surface area contributed by atoms with Crippen molar-refractivity contribution in [1.29, 1.82) is 0 Å². The van der Waals surface area contributed by atoms with Crippen LogP contribution in [-0.4, -0.2) is 59.5 Å². The maximum absolute atomic E-state index is 13.4. The molecular weight excluding hydrogens is 466 g/mol. The lowest BCUT2D eigenvalue weighted by Crippen LogP contribution is -2.40. The van der Waals surface area contributed by atoms with Crippen LogP contribution in [0.25, 0.3) is 11.0 Å². The van der Waals surface area contributed by atoms with Crippen LogP contribution in [0.5, 0.6) is 0 Å². The predicted molar refractivity (Wildman–Crippen MR) is 131 cm³/mol. The Labute approximate surface area is 203 Å². The van der Waals surface area contributed by atoms with Crippen LogP contribution >= 0.6 is 0 Å². The second-order valence-electron chi connectivity index (χ2n) is 8.54. The molecule has 1 saturated heterocycles. The van der Waals surface area contributed by atoms with Crippen LogP contribution in [0.2, 0.25) is 0 Å². The van der Waals surface area contributed by atoms with Crippen molar-refractivity contribution in [3.63, 3.8) is 0 Å². The number of imidazole rings is 1. The number of aromatic amines is 1. The number of amides is 1. The van der Waals surface area contributed by atoms with Crippen molar-refractivity contribution in [2.24, 2.45) is 7.05 Å². The number of para-hydroxylation sites is 2. The van der Waals surface area contributed by atoms with Gasteiger partial charge in [0.2, 0.25) is 10.0 Å². The van der Waals surface area contributed by atoms with Gasteiger partial charge in [-0.15, -0.1) is 0 Å². The lowest BCUT2D eigenvalue weighted by atomic mass is 10.1. The summed E-state index contributed by atoms with van der Waals surface area (Å²) in [5.41, 5.74) is 2.99. The molecule has 2 N–H and O–H groups in total. The normalized spacial score (nSPS) is 15.8. The SMILES string of the molecule is Cn1cc(S(=O)(=O)N2CCOCC2)cc1C(=O)NC(Cc1ccccc1)c1nc2ccccc2[nH]1. The van der Waals surface area contributed by atoms with Crippen molar-refractivity contribution in [2.45, 2.75) is 17.4 Å². The van der Waals surface area contributed by atoms with E-state index in [2.05, 4.69) is 10.3 Å². The summed E-state index contributed by atoms with van der Waals surface area (Å²) in [5, 5.41) is 3.06. The molecule has 2 aromatic heterocycles. The molecule has 2 aromatic carbocycles. The van der Waals surface area contributed by atoms with E-state index in [4.69, 9.17) is 9.72 Å². The molecule has 1 fully saturated rings. The molecule has 182 valence electrons. The second kappa shape index (κ2) is 9.65. The van der Waals surface area contributed by atoms with Crippen molar-refractivity contribution in [2.75, 3.05) is 26.3 Å². The van der Waals surface area contributed by atoms with Gasteiger partial charge in [0.1, 0.15) is 16.4 Å². The predicted octanol–water partition coefficient (Wildman–Crippen LogP) is 2.64. The summed E-state index contributed by atoms with van der Waals surface area (Å²) in [5.74, 6) is 0.260. The molecule has 4 aromatic rings. The lowest BCUT2D eigenvalue weighted by molar-refractivity contribution is 0.0730. The molecule has 35 heavy (non-hydrogen) atoms. The van der Waals surface area contributed by atoms with Gasteiger partial charge in [0, 0.05) is 26.3 Å². The molecule has 0 radical (unpaired) electrons. The van der Waals surface area contributed by atoms with Gasteiger partial charge in [-0.2, -0.15) is 4.31 Å². The highest BCUT2D eigenvalue weighted by atomic mass is 32.2. The number of hydrogen-bond donors (Lipinski definition) is 2. The van der Waals surface area contributed by atoms with Crippen LogP contribution in [0.4, 0.5) is 0 Å². The minimum Gasteiger partial charge on any atom is -0.379 e. The number of carbonyl (C=O) groups is 1. The highest BCUT2D eigenvalue weighted by molar-refractivity contribution is 7.89. The third-order valence-electron chi connectivity index (χ3n) is 6.15. The summed E-state index contributed by atoms with van der Waals surface area (Å²) in [4.78, 5) is 21.5. The van der Waals surface area contributed by atoms with Gasteiger partial charge in [-0.05, 0) is 30.2 Å². The van der Waals surface area contributed by atoms with Crippen LogP contribution in [0, 0.1) is 0 Å². The van der Waals surface area contributed by atoms with E-state index in [-0.39, 0.29) is 16.5 Å². The van der Waals surface area contributed by atoms with E-state index in [0.717, 1.165) is 16.6 Å². The number of ether oxygens (including phenoxy) is 1. The average molecular weight is 494 g/mol. The number of H-pyrrole nitrogens is 1. The van der Waals surface area contributed by atoms with Crippen LogP contribution < -0.4 is 5.32 Å². The number of hydrogen-bond acceptors (Lipinski definition) is 5. The fraction of sp³-hybridized carbons (Fsp3) is 0.280. The Morgan fingerprint density at radius 2 is 1.83 bits per heavy atom. The van der Waals surface area contributed by atoms with E-state index in [1.165, 1.54) is 16.6 Å². The highest BCUT2D eigenvalue weighted by Crippen LogP contribution is 2.23. The molecule has 1 amide bonds. The van der Waals surface area contributed by atoms with E-state index in [9.17, 15) is 13.2 Å². The minimum atomic E-state index is -3.71. The van der Waals surface area contributed by atoms with E-state index in [1.54, 1.807) is 11.6 Å². The van der Waals surface area contributed by atoms with Gasteiger partial charge in [-0.3, -0.25) is 4.79 Å². The van der Waals surface area contributed by atoms with Gasteiger partial charge in [-0.25, -0.2) is 13.4 Å². The maximum Gasteiger partial charge on any atom is 0.268 e. The van der Waals surface area contributed by atoms with Gasteiger partial charge in [0.25, 0.3) is 5.91 Å². The Balaban J connectivity index is 1.43. The number of aryl methyl sites for hydroxylation is 1. The molecule has 3 heterocycles. The Bertz CT molecular complexity index is 1410. The summed E-state index contributed by atoms with van der Waals surface area (Å²) in [6, 6.07) is 18.5. The number of nitrogens with one attached hydrogen (secondary N) is 2. The van der Waals surface area contributed by atoms with E-state index >= 15 is 0 Å². The molecule has 1 unspecified atom stereocenters. The van der Waals surface area contributed by atoms with Gasteiger partial charge in [-0.1, -0.05) is 42.5 Å². The van der Waals surface area contributed by atoms with Gasteiger partial charge < -0.3 is 19.6 Å². The summed E-state index contributed by atoms with van der Waals surface area (Å²) in [6.07, 6.45) is 2.00. The topological polar surface area (TPSA) is 109 Å². The van der Waals surface area contributed by atoms with Gasteiger partial charge in [0.05, 0.1) is 30.3 Å². The largest absolute Gasteiger partial charge is 0.379 e. The first-order valence-corrected chi connectivity index (χ1v) is 12.9. The second-order valence-corrected chi connectivity index (χ2v) is 10.5. The van der Waals surface area contributed by atoms with Crippen LogP contribution in [-0.2, 0) is 28.2 Å². The molecule has 5 rings (SSSR count). The summed E-state index contributed by atoms with van der Waals surface area (Å²) in [7, 11) is -2.04. The molecule has 0 saturated carbocycles. The standard InChI is InChI=1S/C25H27N5O4S/c1-29-17-19(35(32,33)30-11-13-34-14-12-30)16-23(29)25(31)28-22(15-18-7-3-2-4-8-18)24-26-20-9-5-6-10-21(20)27-24/h2-10,16-17,22H,11-15H2,1H3,(H,26,27)(H,28,31). The highest BCUT2D eigenvalue weighted by Gasteiger charge is 2.29.